The lowest BCUT2D eigenvalue weighted by atomic mass is 10.2. The van der Waals surface area contributed by atoms with Crippen LogP contribution in [-0.2, 0) is 9.84 Å². The van der Waals surface area contributed by atoms with Crippen molar-refractivity contribution in [1.82, 2.24) is 0 Å². The monoisotopic (exact) mass is 318 g/mol. The molecule has 0 spiro atoms. The molecule has 1 aliphatic rings. The van der Waals surface area contributed by atoms with Gasteiger partial charge in [-0.05, 0) is 42.0 Å². The van der Waals surface area contributed by atoms with Gasteiger partial charge in [0.1, 0.15) is 12.4 Å². The minimum atomic E-state index is -3.62. The minimum Gasteiger partial charge on any atom is -0.508 e. The Morgan fingerprint density at radius 2 is 1.82 bits per heavy atom. The molecule has 2 aromatic carbocycles. The van der Waals surface area contributed by atoms with Gasteiger partial charge in [0, 0.05) is 0 Å². The predicted octanol–water partition coefficient (Wildman–Crippen LogP) is 2.61. The van der Waals surface area contributed by atoms with Crippen molar-refractivity contribution in [3.8, 4) is 17.2 Å². The second kappa shape index (κ2) is 5.38. The second-order valence-corrected chi connectivity index (χ2v) is 6.75. The van der Waals surface area contributed by atoms with E-state index in [0.717, 1.165) is 0 Å². The third kappa shape index (κ3) is 2.42. The molecule has 0 atom stereocenters. The van der Waals surface area contributed by atoms with E-state index in [1.165, 1.54) is 19.2 Å². The number of phenolic OH excluding ortho intramolecular Hbond substituents is 1. The summed E-state index contributed by atoms with van der Waals surface area (Å²) in [4.78, 5) is 0.255. The molecule has 0 saturated carbocycles. The van der Waals surface area contributed by atoms with Gasteiger partial charge in [0.25, 0.3) is 0 Å². The molecular weight excluding hydrogens is 304 g/mol. The van der Waals surface area contributed by atoms with Crippen LogP contribution in [0.15, 0.2) is 52.3 Å². The summed E-state index contributed by atoms with van der Waals surface area (Å²) >= 11 is 0. The highest BCUT2D eigenvalue weighted by Crippen LogP contribution is 2.35. The van der Waals surface area contributed by atoms with Gasteiger partial charge in [-0.2, -0.15) is 0 Å². The first kappa shape index (κ1) is 14.5. The van der Waals surface area contributed by atoms with Crippen LogP contribution < -0.4 is 9.47 Å². The summed E-state index contributed by atoms with van der Waals surface area (Å²) in [6.45, 7) is -0.0991. The maximum absolute atomic E-state index is 12.4. The van der Waals surface area contributed by atoms with Crippen LogP contribution in [0.1, 0.15) is 5.56 Å². The number of benzene rings is 2. The predicted molar refractivity (Wildman–Crippen MR) is 81.8 cm³/mol. The Labute approximate surface area is 128 Å². The van der Waals surface area contributed by atoms with E-state index in [-0.39, 0.29) is 22.2 Å². The van der Waals surface area contributed by atoms with Crippen molar-refractivity contribution in [2.24, 2.45) is 0 Å². The van der Waals surface area contributed by atoms with Crippen molar-refractivity contribution in [2.45, 2.75) is 4.90 Å². The molecule has 0 unspecified atom stereocenters. The molecule has 0 aromatic heterocycles. The lowest BCUT2D eigenvalue weighted by molar-refractivity contribution is 0.324. The fourth-order valence-corrected chi connectivity index (χ4v) is 3.77. The number of ether oxygens (including phenoxy) is 2. The Morgan fingerprint density at radius 3 is 2.55 bits per heavy atom. The molecule has 5 nitrogen and oxygen atoms in total. The van der Waals surface area contributed by atoms with Crippen molar-refractivity contribution in [3.63, 3.8) is 0 Å². The summed E-state index contributed by atoms with van der Waals surface area (Å²) in [5, 5.41) is 9.46. The van der Waals surface area contributed by atoms with Gasteiger partial charge in [-0.15, -0.1) is 0 Å². The molecule has 2 aromatic rings. The number of aromatic hydroxyl groups is 1. The smallest absolute Gasteiger partial charge is 0.206 e. The van der Waals surface area contributed by atoms with E-state index in [0.29, 0.717) is 17.1 Å². The van der Waals surface area contributed by atoms with Gasteiger partial charge in [0.2, 0.25) is 9.84 Å². The molecule has 114 valence electrons. The number of methoxy groups -OCH3 is 1. The van der Waals surface area contributed by atoms with Crippen molar-refractivity contribution < 1.29 is 23.0 Å². The largest absolute Gasteiger partial charge is 0.508 e. The van der Waals surface area contributed by atoms with Gasteiger partial charge in [-0.3, -0.25) is 0 Å². The Bertz CT molecular complexity index is 853. The van der Waals surface area contributed by atoms with Crippen LogP contribution in [0.3, 0.4) is 0 Å². The van der Waals surface area contributed by atoms with Crippen molar-refractivity contribution in [3.05, 3.63) is 52.9 Å². The molecular formula is C16H14O5S. The summed E-state index contributed by atoms with van der Waals surface area (Å²) in [7, 11) is -2.10. The number of rotatable bonds is 4. The van der Waals surface area contributed by atoms with Crippen LogP contribution >= 0.6 is 0 Å². The molecule has 6 heteroatoms. The molecule has 0 amide bonds. The van der Waals surface area contributed by atoms with Crippen LogP contribution in [0.25, 0.3) is 6.08 Å². The average molecular weight is 318 g/mol. The van der Waals surface area contributed by atoms with E-state index in [1.54, 1.807) is 36.4 Å². The maximum atomic E-state index is 12.4. The van der Waals surface area contributed by atoms with Crippen LogP contribution in [0, 0.1) is 0 Å². The fraction of sp³-hybridized carbons (Fsp3) is 0.125. The summed E-state index contributed by atoms with van der Waals surface area (Å²) in [5.41, 5.74) is 0.552. The number of hydrogen-bond acceptors (Lipinski definition) is 5. The fourth-order valence-electron chi connectivity index (χ4n) is 2.27. The van der Waals surface area contributed by atoms with Crippen LogP contribution in [0.5, 0.6) is 17.2 Å². The van der Waals surface area contributed by atoms with E-state index >= 15 is 0 Å². The van der Waals surface area contributed by atoms with Gasteiger partial charge in [-0.25, -0.2) is 8.42 Å². The highest BCUT2D eigenvalue weighted by Gasteiger charge is 2.30. The number of fused-ring (bicyclic) bond motifs is 1. The molecule has 22 heavy (non-hydrogen) atoms. The zero-order chi connectivity index (χ0) is 15.7. The van der Waals surface area contributed by atoms with Gasteiger partial charge >= 0.3 is 0 Å². The summed E-state index contributed by atoms with van der Waals surface area (Å²) in [6.07, 6.45) is 1.56. The first-order valence-electron chi connectivity index (χ1n) is 6.57. The summed E-state index contributed by atoms with van der Waals surface area (Å²) < 4.78 is 35.6. The van der Waals surface area contributed by atoms with Crippen molar-refractivity contribution in [1.29, 1.82) is 0 Å². The van der Waals surface area contributed by atoms with Gasteiger partial charge in [-0.1, -0.05) is 12.1 Å². The van der Waals surface area contributed by atoms with E-state index in [9.17, 15) is 13.5 Å². The zero-order valence-corrected chi connectivity index (χ0v) is 12.6. The highest BCUT2D eigenvalue weighted by molar-refractivity contribution is 7.95. The van der Waals surface area contributed by atoms with Crippen LogP contribution in [0.4, 0.5) is 0 Å². The molecule has 0 aliphatic carbocycles. The molecule has 0 saturated heterocycles. The minimum absolute atomic E-state index is 0.0809. The van der Waals surface area contributed by atoms with E-state index < -0.39 is 9.84 Å². The molecule has 3 rings (SSSR count). The first-order valence-corrected chi connectivity index (χ1v) is 8.05. The van der Waals surface area contributed by atoms with Crippen LogP contribution in [0.2, 0.25) is 0 Å². The van der Waals surface area contributed by atoms with Crippen LogP contribution in [-0.4, -0.2) is 27.2 Å². The topological polar surface area (TPSA) is 72.8 Å². The lowest BCUT2D eigenvalue weighted by Crippen LogP contribution is -2.09. The SMILES string of the molecule is COc1ccccc1OCC1=Cc2ccc(O)cc2S1(=O)=O. The number of phenols is 1. The van der Waals surface area contributed by atoms with Gasteiger partial charge < -0.3 is 14.6 Å². The van der Waals surface area contributed by atoms with Gasteiger partial charge in [0.05, 0.1) is 16.9 Å². The first-order chi connectivity index (χ1) is 10.5. The van der Waals surface area contributed by atoms with E-state index in [1.807, 2.05) is 0 Å². The van der Waals surface area contributed by atoms with E-state index in [2.05, 4.69) is 0 Å². The number of hydrogen-bond donors (Lipinski definition) is 1. The normalized spacial score (nSPS) is 15.0. The summed E-state index contributed by atoms with van der Waals surface area (Å²) in [6, 6.07) is 11.3. The lowest BCUT2D eigenvalue weighted by Gasteiger charge is -2.10. The average Bonchev–Trinajstić information content (AvgIpc) is 2.76. The Balaban J connectivity index is 1.86. The Hall–Kier alpha value is -2.47. The quantitative estimate of drug-likeness (QED) is 0.938. The van der Waals surface area contributed by atoms with E-state index in [4.69, 9.17) is 9.47 Å². The second-order valence-electron chi connectivity index (χ2n) is 4.78. The zero-order valence-electron chi connectivity index (χ0n) is 11.8. The third-order valence-corrected chi connectivity index (χ3v) is 5.25. The van der Waals surface area contributed by atoms with Crippen molar-refractivity contribution >= 4 is 15.9 Å². The number of para-hydroxylation sites is 2. The standard InChI is InChI=1S/C16H14O5S/c1-20-14-4-2-3-5-15(14)21-10-13-8-11-6-7-12(17)9-16(11)22(13,18)19/h2-9,17H,10H2,1H3. The molecule has 0 fully saturated rings. The molecule has 1 N–H and O–H groups in total. The van der Waals surface area contributed by atoms with Gasteiger partial charge in [0.15, 0.2) is 11.5 Å². The molecule has 1 heterocycles. The molecule has 1 aliphatic heterocycles. The Morgan fingerprint density at radius 1 is 1.09 bits per heavy atom. The molecule has 0 radical (unpaired) electrons. The Kier molecular flexibility index (Phi) is 3.54. The molecule has 0 bridgehead atoms. The maximum Gasteiger partial charge on any atom is 0.206 e. The highest BCUT2D eigenvalue weighted by atomic mass is 32.2. The summed E-state index contributed by atoms with van der Waals surface area (Å²) in [5.74, 6) is 0.927. The van der Waals surface area contributed by atoms with Crippen molar-refractivity contribution in [2.75, 3.05) is 13.7 Å². The third-order valence-electron chi connectivity index (χ3n) is 3.39. The number of sulfone groups is 1.